The highest BCUT2D eigenvalue weighted by Gasteiger charge is 2.39. The third-order valence-electron chi connectivity index (χ3n) is 4.07. The van der Waals surface area contributed by atoms with E-state index >= 15 is 0 Å². The predicted octanol–water partition coefficient (Wildman–Crippen LogP) is 2.26. The van der Waals surface area contributed by atoms with Crippen molar-refractivity contribution in [1.29, 1.82) is 0 Å². The van der Waals surface area contributed by atoms with Gasteiger partial charge in [-0.1, -0.05) is 18.0 Å². The molecule has 1 unspecified atom stereocenters. The molecular weight excluding hydrogens is 216 g/mol. The van der Waals surface area contributed by atoms with E-state index in [1.165, 1.54) is 25.7 Å². The molecule has 1 spiro atoms. The fraction of sp³-hybridized carbons (Fsp3) is 0.769. The maximum atomic E-state index is 6.02. The van der Waals surface area contributed by atoms with Crippen molar-refractivity contribution in [3.63, 3.8) is 0 Å². The fourth-order valence-electron chi connectivity index (χ4n) is 3.15. The number of rotatable bonds is 3. The summed E-state index contributed by atoms with van der Waals surface area (Å²) in [6.07, 6.45) is 9.04. The molecule has 1 aliphatic heterocycles. The molecule has 1 atom stereocenters. The van der Waals surface area contributed by atoms with Crippen LogP contribution in [0.1, 0.15) is 44.2 Å². The molecule has 1 aromatic rings. The lowest BCUT2D eigenvalue weighted by Gasteiger charge is -2.38. The van der Waals surface area contributed by atoms with Gasteiger partial charge in [0, 0.05) is 25.3 Å². The molecule has 94 valence electrons. The van der Waals surface area contributed by atoms with Gasteiger partial charge < -0.3 is 14.6 Å². The predicted molar refractivity (Wildman–Crippen MR) is 63.5 cm³/mol. The summed E-state index contributed by atoms with van der Waals surface area (Å²) in [5, 5.41) is 7.49. The Balaban J connectivity index is 1.53. The number of aromatic nitrogens is 1. The number of nitrogens with one attached hydrogen (secondary N) is 1. The zero-order chi connectivity index (χ0) is 11.6. The van der Waals surface area contributed by atoms with Gasteiger partial charge in [-0.15, -0.1) is 0 Å². The Labute approximate surface area is 102 Å². The average Bonchev–Trinajstić information content (AvgIpc) is 2.99. The lowest BCUT2D eigenvalue weighted by molar-refractivity contribution is -0.0838. The normalized spacial score (nSPS) is 27.6. The lowest BCUT2D eigenvalue weighted by atomic mass is 9.89. The van der Waals surface area contributed by atoms with Gasteiger partial charge in [-0.05, 0) is 25.7 Å². The van der Waals surface area contributed by atoms with E-state index in [2.05, 4.69) is 10.5 Å². The van der Waals surface area contributed by atoms with E-state index in [9.17, 15) is 0 Å². The fourth-order valence-corrected chi connectivity index (χ4v) is 3.15. The summed E-state index contributed by atoms with van der Waals surface area (Å²) in [6.45, 7) is 1.70. The van der Waals surface area contributed by atoms with E-state index < -0.39 is 0 Å². The highest BCUT2D eigenvalue weighted by molar-refractivity contribution is 4.97. The van der Waals surface area contributed by atoms with E-state index in [4.69, 9.17) is 9.26 Å². The smallest absolute Gasteiger partial charge is 0.124 e. The van der Waals surface area contributed by atoms with Gasteiger partial charge in [-0.25, -0.2) is 0 Å². The van der Waals surface area contributed by atoms with Crippen LogP contribution in [0.2, 0.25) is 0 Å². The van der Waals surface area contributed by atoms with Crippen molar-refractivity contribution < 1.29 is 9.26 Å². The Kier molecular flexibility index (Phi) is 3.16. The standard InChI is InChI=1S/C13H20N2O2/c1-2-6-13(5-1)9-11(3-7-16-13)14-10-12-4-8-17-15-12/h4,8,11,14H,1-3,5-7,9-10H2. The molecule has 0 aromatic carbocycles. The molecule has 4 nitrogen and oxygen atoms in total. The van der Waals surface area contributed by atoms with Crippen LogP contribution < -0.4 is 5.32 Å². The van der Waals surface area contributed by atoms with Gasteiger partial charge in [0.2, 0.25) is 0 Å². The SMILES string of the molecule is c1cc(CNC2CCOC3(CCCC3)C2)no1. The molecule has 1 saturated heterocycles. The minimum Gasteiger partial charge on any atom is -0.375 e. The molecule has 1 aliphatic carbocycles. The van der Waals surface area contributed by atoms with Crippen molar-refractivity contribution in [3.8, 4) is 0 Å². The zero-order valence-electron chi connectivity index (χ0n) is 10.2. The van der Waals surface area contributed by atoms with Crippen molar-refractivity contribution in [2.45, 2.75) is 56.7 Å². The molecule has 2 fully saturated rings. The monoisotopic (exact) mass is 236 g/mol. The number of nitrogens with zero attached hydrogens (tertiary/aromatic N) is 1. The third-order valence-corrected chi connectivity index (χ3v) is 4.07. The minimum atomic E-state index is 0.194. The summed E-state index contributed by atoms with van der Waals surface area (Å²) in [6, 6.07) is 2.48. The summed E-state index contributed by atoms with van der Waals surface area (Å²) in [4.78, 5) is 0. The maximum absolute atomic E-state index is 6.02. The van der Waals surface area contributed by atoms with Crippen LogP contribution in [0.15, 0.2) is 16.9 Å². The molecule has 0 amide bonds. The summed E-state index contributed by atoms with van der Waals surface area (Å²) in [5.74, 6) is 0. The summed E-state index contributed by atoms with van der Waals surface area (Å²) in [5.41, 5.74) is 1.18. The van der Waals surface area contributed by atoms with Gasteiger partial charge in [0.05, 0.1) is 11.3 Å². The first-order chi connectivity index (χ1) is 8.36. The van der Waals surface area contributed by atoms with Gasteiger partial charge >= 0.3 is 0 Å². The van der Waals surface area contributed by atoms with Gasteiger partial charge in [-0.3, -0.25) is 0 Å². The van der Waals surface area contributed by atoms with E-state index in [1.54, 1.807) is 6.26 Å². The van der Waals surface area contributed by atoms with Crippen molar-refractivity contribution >= 4 is 0 Å². The van der Waals surface area contributed by atoms with Gasteiger partial charge in [0.25, 0.3) is 0 Å². The summed E-state index contributed by atoms with van der Waals surface area (Å²) in [7, 11) is 0. The van der Waals surface area contributed by atoms with Crippen LogP contribution in [-0.4, -0.2) is 23.4 Å². The summed E-state index contributed by atoms with van der Waals surface area (Å²) >= 11 is 0. The van der Waals surface area contributed by atoms with Crippen LogP contribution in [0.25, 0.3) is 0 Å². The maximum Gasteiger partial charge on any atom is 0.124 e. The largest absolute Gasteiger partial charge is 0.375 e. The van der Waals surface area contributed by atoms with Gasteiger partial charge in [0.1, 0.15) is 6.26 Å². The van der Waals surface area contributed by atoms with Crippen molar-refractivity contribution in [3.05, 3.63) is 18.0 Å². The van der Waals surface area contributed by atoms with E-state index in [1.807, 2.05) is 6.07 Å². The van der Waals surface area contributed by atoms with Gasteiger partial charge in [-0.2, -0.15) is 0 Å². The van der Waals surface area contributed by atoms with Crippen LogP contribution in [-0.2, 0) is 11.3 Å². The molecule has 2 heterocycles. The Morgan fingerprint density at radius 1 is 1.41 bits per heavy atom. The van der Waals surface area contributed by atoms with Crippen LogP contribution in [0.4, 0.5) is 0 Å². The average molecular weight is 236 g/mol. The van der Waals surface area contributed by atoms with E-state index in [-0.39, 0.29) is 5.60 Å². The second-order valence-electron chi connectivity index (χ2n) is 5.30. The molecule has 1 aromatic heterocycles. The second-order valence-corrected chi connectivity index (χ2v) is 5.30. The van der Waals surface area contributed by atoms with Crippen LogP contribution >= 0.6 is 0 Å². The van der Waals surface area contributed by atoms with Crippen LogP contribution in [0, 0.1) is 0 Å². The zero-order valence-corrected chi connectivity index (χ0v) is 10.2. The summed E-state index contributed by atoms with van der Waals surface area (Å²) < 4.78 is 10.9. The molecule has 0 bridgehead atoms. The van der Waals surface area contributed by atoms with E-state index in [0.29, 0.717) is 6.04 Å². The topological polar surface area (TPSA) is 47.3 Å². The lowest BCUT2D eigenvalue weighted by Crippen LogP contribution is -2.45. The van der Waals surface area contributed by atoms with Crippen LogP contribution in [0.3, 0.4) is 0 Å². The molecule has 0 radical (unpaired) electrons. The highest BCUT2D eigenvalue weighted by atomic mass is 16.5. The van der Waals surface area contributed by atoms with Gasteiger partial charge in [0.15, 0.2) is 0 Å². The Morgan fingerprint density at radius 2 is 2.29 bits per heavy atom. The molecular formula is C13H20N2O2. The van der Waals surface area contributed by atoms with Crippen molar-refractivity contribution in [2.75, 3.05) is 6.61 Å². The first-order valence-corrected chi connectivity index (χ1v) is 6.63. The molecule has 4 heteroatoms. The van der Waals surface area contributed by atoms with Crippen LogP contribution in [0.5, 0.6) is 0 Å². The number of hydrogen-bond donors (Lipinski definition) is 1. The molecule has 3 rings (SSSR count). The molecule has 1 saturated carbocycles. The number of ether oxygens (including phenoxy) is 1. The molecule has 2 aliphatic rings. The Hall–Kier alpha value is -0.870. The minimum absolute atomic E-state index is 0.194. The quantitative estimate of drug-likeness (QED) is 0.874. The number of hydrogen-bond acceptors (Lipinski definition) is 4. The Morgan fingerprint density at radius 3 is 3.06 bits per heavy atom. The second kappa shape index (κ2) is 4.78. The van der Waals surface area contributed by atoms with Crippen molar-refractivity contribution in [1.82, 2.24) is 10.5 Å². The third kappa shape index (κ3) is 2.53. The first kappa shape index (κ1) is 11.2. The van der Waals surface area contributed by atoms with E-state index in [0.717, 1.165) is 31.7 Å². The molecule has 1 N–H and O–H groups in total. The first-order valence-electron chi connectivity index (χ1n) is 6.63. The Bertz CT molecular complexity index is 344. The van der Waals surface area contributed by atoms with Crippen molar-refractivity contribution in [2.24, 2.45) is 0 Å². The highest BCUT2D eigenvalue weighted by Crippen LogP contribution is 2.39. The molecule has 17 heavy (non-hydrogen) atoms.